The minimum atomic E-state index is -1.73. The van der Waals surface area contributed by atoms with E-state index < -0.39 is 8.32 Å². The monoisotopic (exact) mass is 324 g/mol. The third kappa shape index (κ3) is 7.20. The minimum Gasteiger partial charge on any atom is -0.469 e. The van der Waals surface area contributed by atoms with Crippen LogP contribution in [-0.4, -0.2) is 34.1 Å². The average molecular weight is 324 g/mol. The quantitative estimate of drug-likeness (QED) is 0.395. The average Bonchev–Trinajstić information content (AvgIpc) is 2.48. The molecule has 0 fully saturated rings. The van der Waals surface area contributed by atoms with Gasteiger partial charge < -0.3 is 13.9 Å². The highest BCUT2D eigenvalue weighted by atomic mass is 28.4. The Labute approximate surface area is 134 Å². The highest BCUT2D eigenvalue weighted by Gasteiger charge is 2.30. The van der Waals surface area contributed by atoms with Gasteiger partial charge in [0.05, 0.1) is 25.7 Å². The van der Waals surface area contributed by atoms with E-state index >= 15 is 0 Å². The van der Waals surface area contributed by atoms with Crippen LogP contribution in [0.2, 0.25) is 19.6 Å². The van der Waals surface area contributed by atoms with E-state index in [1.54, 1.807) is 0 Å². The van der Waals surface area contributed by atoms with Gasteiger partial charge in [0.1, 0.15) is 0 Å². The van der Waals surface area contributed by atoms with Crippen molar-refractivity contribution in [2.24, 2.45) is 5.92 Å². The van der Waals surface area contributed by atoms with Gasteiger partial charge in [-0.1, -0.05) is 30.3 Å². The van der Waals surface area contributed by atoms with Crippen molar-refractivity contribution < 1.29 is 18.7 Å². The molecule has 0 aromatic heterocycles. The minimum absolute atomic E-state index is 0.158. The summed E-state index contributed by atoms with van der Waals surface area (Å²) >= 11 is 0. The van der Waals surface area contributed by atoms with Crippen LogP contribution in [0.4, 0.5) is 0 Å². The maximum absolute atomic E-state index is 11.8. The molecule has 4 nitrogen and oxygen atoms in total. The van der Waals surface area contributed by atoms with Gasteiger partial charge >= 0.3 is 5.97 Å². The fourth-order valence-corrected chi connectivity index (χ4v) is 3.40. The molecule has 1 aromatic carbocycles. The van der Waals surface area contributed by atoms with Crippen LogP contribution in [0.3, 0.4) is 0 Å². The van der Waals surface area contributed by atoms with E-state index in [4.69, 9.17) is 13.9 Å². The molecule has 0 bridgehead atoms. The third-order valence-corrected chi connectivity index (χ3v) is 4.30. The van der Waals surface area contributed by atoms with E-state index in [9.17, 15) is 4.79 Å². The van der Waals surface area contributed by atoms with E-state index in [-0.39, 0.29) is 18.0 Å². The second-order valence-corrected chi connectivity index (χ2v) is 10.9. The first-order valence-electron chi connectivity index (χ1n) is 7.71. The lowest BCUT2D eigenvalue weighted by molar-refractivity contribution is -0.148. The molecular weight excluding hydrogens is 296 g/mol. The number of esters is 1. The summed E-state index contributed by atoms with van der Waals surface area (Å²) in [6.07, 6.45) is 0.530. The van der Waals surface area contributed by atoms with Crippen molar-refractivity contribution in [2.45, 2.75) is 45.7 Å². The molecule has 0 heterocycles. The maximum Gasteiger partial charge on any atom is 0.310 e. The predicted octanol–water partition coefficient (Wildman–Crippen LogP) is 3.62. The molecule has 0 radical (unpaired) electrons. The molecule has 5 heteroatoms. The molecule has 0 N–H and O–H groups in total. The van der Waals surface area contributed by atoms with Crippen LogP contribution in [0.15, 0.2) is 30.3 Å². The van der Waals surface area contributed by atoms with Crippen molar-refractivity contribution in [3.05, 3.63) is 35.9 Å². The van der Waals surface area contributed by atoms with Gasteiger partial charge in [-0.15, -0.1) is 0 Å². The summed E-state index contributed by atoms with van der Waals surface area (Å²) in [5.41, 5.74) is 1.14. The molecular formula is C17H28O4Si. The van der Waals surface area contributed by atoms with Gasteiger partial charge in [-0.25, -0.2) is 0 Å². The summed E-state index contributed by atoms with van der Waals surface area (Å²) in [6.45, 7) is 9.35. The standard InChI is InChI=1S/C17H28O4Si/c1-14(17(18)19-2)16(21-22(3,4)5)11-12-20-13-15-9-7-6-8-10-15/h6-10,14,16H,11-13H2,1-5H3/t14-,16-/m1/s1. The van der Waals surface area contributed by atoms with Gasteiger partial charge in [-0.3, -0.25) is 4.79 Å². The Morgan fingerprint density at radius 2 is 1.82 bits per heavy atom. The zero-order chi connectivity index (χ0) is 16.6. The highest BCUT2D eigenvalue weighted by Crippen LogP contribution is 2.19. The molecule has 0 saturated carbocycles. The Morgan fingerprint density at radius 1 is 1.18 bits per heavy atom. The molecule has 0 aliphatic rings. The van der Waals surface area contributed by atoms with Gasteiger partial charge in [0.25, 0.3) is 0 Å². The summed E-state index contributed by atoms with van der Waals surface area (Å²) in [6, 6.07) is 10.0. The largest absolute Gasteiger partial charge is 0.469 e. The topological polar surface area (TPSA) is 44.8 Å². The number of ether oxygens (including phenoxy) is 2. The van der Waals surface area contributed by atoms with Crippen LogP contribution in [-0.2, 0) is 25.3 Å². The van der Waals surface area contributed by atoms with Crippen molar-refractivity contribution in [3.8, 4) is 0 Å². The molecule has 0 unspecified atom stereocenters. The second-order valence-electron chi connectivity index (χ2n) is 6.41. The van der Waals surface area contributed by atoms with E-state index in [0.29, 0.717) is 19.6 Å². The van der Waals surface area contributed by atoms with Crippen LogP contribution < -0.4 is 0 Å². The first-order chi connectivity index (χ1) is 10.3. The smallest absolute Gasteiger partial charge is 0.310 e. The lowest BCUT2D eigenvalue weighted by atomic mass is 10.0. The van der Waals surface area contributed by atoms with E-state index in [0.717, 1.165) is 5.56 Å². The van der Waals surface area contributed by atoms with Crippen molar-refractivity contribution in [1.82, 2.24) is 0 Å². The lowest BCUT2D eigenvalue weighted by Crippen LogP contribution is -2.39. The fraction of sp³-hybridized carbons (Fsp3) is 0.588. The summed E-state index contributed by atoms with van der Waals surface area (Å²) in [5.74, 6) is -0.511. The lowest BCUT2D eigenvalue weighted by Gasteiger charge is -2.29. The number of carbonyl (C=O) groups excluding carboxylic acids is 1. The summed E-state index contributed by atoms with van der Waals surface area (Å²) in [5, 5.41) is 0. The van der Waals surface area contributed by atoms with Crippen LogP contribution in [0.1, 0.15) is 18.9 Å². The van der Waals surface area contributed by atoms with Crippen LogP contribution in [0, 0.1) is 5.92 Å². The molecule has 0 aliphatic carbocycles. The van der Waals surface area contributed by atoms with E-state index in [2.05, 4.69) is 19.6 Å². The number of methoxy groups -OCH3 is 1. The van der Waals surface area contributed by atoms with Crippen LogP contribution in [0.5, 0.6) is 0 Å². The third-order valence-electron chi connectivity index (χ3n) is 3.29. The van der Waals surface area contributed by atoms with Gasteiger partial charge in [0.2, 0.25) is 0 Å². The summed E-state index contributed by atoms with van der Waals surface area (Å²) < 4.78 is 16.7. The van der Waals surface area contributed by atoms with Gasteiger partial charge in [0, 0.05) is 6.61 Å². The Bertz CT molecular complexity index is 442. The normalized spacial score (nSPS) is 14.4. The van der Waals surface area contributed by atoms with Gasteiger partial charge in [0.15, 0.2) is 8.32 Å². The van der Waals surface area contributed by atoms with Gasteiger partial charge in [-0.05, 0) is 38.5 Å². The first kappa shape index (κ1) is 18.9. The molecule has 124 valence electrons. The molecule has 2 atom stereocenters. The van der Waals surface area contributed by atoms with Crippen molar-refractivity contribution in [3.63, 3.8) is 0 Å². The van der Waals surface area contributed by atoms with Crippen molar-refractivity contribution >= 4 is 14.3 Å². The Kier molecular flexibility index (Phi) is 7.79. The fourth-order valence-electron chi connectivity index (χ4n) is 2.17. The Morgan fingerprint density at radius 3 is 2.36 bits per heavy atom. The summed E-state index contributed by atoms with van der Waals surface area (Å²) in [7, 11) is -0.316. The highest BCUT2D eigenvalue weighted by molar-refractivity contribution is 6.69. The van der Waals surface area contributed by atoms with Crippen molar-refractivity contribution in [2.75, 3.05) is 13.7 Å². The molecule has 1 rings (SSSR count). The van der Waals surface area contributed by atoms with E-state index in [1.165, 1.54) is 7.11 Å². The Hall–Kier alpha value is -1.17. The number of hydrogen-bond acceptors (Lipinski definition) is 4. The van der Waals surface area contributed by atoms with Crippen molar-refractivity contribution in [1.29, 1.82) is 0 Å². The SMILES string of the molecule is COC(=O)[C@H](C)[C@@H](CCOCc1ccccc1)O[Si](C)(C)C. The number of carbonyl (C=O) groups is 1. The molecule has 22 heavy (non-hydrogen) atoms. The zero-order valence-electron chi connectivity index (χ0n) is 14.3. The molecule has 0 amide bonds. The molecule has 0 spiro atoms. The Balaban J connectivity index is 2.48. The number of benzene rings is 1. The maximum atomic E-state index is 11.8. The number of hydrogen-bond donors (Lipinski definition) is 0. The van der Waals surface area contributed by atoms with Gasteiger partial charge in [-0.2, -0.15) is 0 Å². The molecule has 0 saturated heterocycles. The molecule has 0 aliphatic heterocycles. The van der Waals surface area contributed by atoms with Crippen LogP contribution in [0.25, 0.3) is 0 Å². The van der Waals surface area contributed by atoms with E-state index in [1.807, 2.05) is 37.3 Å². The zero-order valence-corrected chi connectivity index (χ0v) is 15.3. The summed E-state index contributed by atoms with van der Waals surface area (Å²) in [4.78, 5) is 11.8. The second kappa shape index (κ2) is 9.08. The molecule has 1 aromatic rings. The first-order valence-corrected chi connectivity index (χ1v) is 11.1. The number of rotatable bonds is 9. The predicted molar refractivity (Wildman–Crippen MR) is 90.1 cm³/mol. The van der Waals surface area contributed by atoms with Crippen LogP contribution >= 0.6 is 0 Å².